The minimum absolute atomic E-state index is 0.822. The third-order valence-electron chi connectivity index (χ3n) is 2.56. The smallest absolute Gasteiger partial charge is 0.0491 e. The van der Waals surface area contributed by atoms with Gasteiger partial charge in [0.1, 0.15) is 0 Å². The molecule has 1 aliphatic rings. The van der Waals surface area contributed by atoms with Crippen LogP contribution in [0.25, 0.3) is 0 Å². The SMILES string of the molecule is CC.CCN1CCC(COC)CC1. The van der Waals surface area contributed by atoms with Gasteiger partial charge in [-0.05, 0) is 38.4 Å². The van der Waals surface area contributed by atoms with E-state index in [2.05, 4.69) is 11.8 Å². The molecule has 2 nitrogen and oxygen atoms in total. The highest BCUT2D eigenvalue weighted by molar-refractivity contribution is 4.70. The Hall–Kier alpha value is -0.0800. The van der Waals surface area contributed by atoms with E-state index in [1.54, 1.807) is 7.11 Å². The van der Waals surface area contributed by atoms with Crippen molar-refractivity contribution in [2.75, 3.05) is 33.4 Å². The number of rotatable bonds is 3. The molecule has 0 aromatic heterocycles. The van der Waals surface area contributed by atoms with Gasteiger partial charge in [-0.2, -0.15) is 0 Å². The predicted molar refractivity (Wildman–Crippen MR) is 58.1 cm³/mol. The summed E-state index contributed by atoms with van der Waals surface area (Å²) >= 11 is 0. The average Bonchev–Trinajstić information content (AvgIpc) is 2.23. The Bertz CT molecular complexity index is 98.3. The van der Waals surface area contributed by atoms with Gasteiger partial charge in [0.05, 0.1) is 0 Å². The highest BCUT2D eigenvalue weighted by Gasteiger charge is 2.17. The molecule has 0 unspecified atom stereocenters. The van der Waals surface area contributed by atoms with Crippen LogP contribution in [-0.2, 0) is 4.74 Å². The van der Waals surface area contributed by atoms with Gasteiger partial charge in [0.25, 0.3) is 0 Å². The summed E-state index contributed by atoms with van der Waals surface area (Å²) < 4.78 is 5.13. The first-order chi connectivity index (χ1) is 6.36. The van der Waals surface area contributed by atoms with Crippen LogP contribution in [-0.4, -0.2) is 38.3 Å². The largest absolute Gasteiger partial charge is 0.384 e. The molecule has 80 valence electrons. The van der Waals surface area contributed by atoms with Crippen molar-refractivity contribution < 1.29 is 4.74 Å². The fourth-order valence-corrected chi connectivity index (χ4v) is 1.71. The van der Waals surface area contributed by atoms with Crippen molar-refractivity contribution >= 4 is 0 Å². The summed E-state index contributed by atoms with van der Waals surface area (Å²) in [5.41, 5.74) is 0. The number of piperidine rings is 1. The quantitative estimate of drug-likeness (QED) is 0.672. The van der Waals surface area contributed by atoms with Crippen molar-refractivity contribution in [2.45, 2.75) is 33.6 Å². The van der Waals surface area contributed by atoms with Gasteiger partial charge in [-0.3, -0.25) is 0 Å². The van der Waals surface area contributed by atoms with Gasteiger partial charge in [-0.1, -0.05) is 20.8 Å². The molecule has 0 spiro atoms. The second-order valence-electron chi connectivity index (χ2n) is 3.33. The van der Waals surface area contributed by atoms with Crippen LogP contribution in [0.15, 0.2) is 0 Å². The van der Waals surface area contributed by atoms with Crippen molar-refractivity contribution in [3.05, 3.63) is 0 Å². The molecule has 1 saturated heterocycles. The maximum absolute atomic E-state index is 5.13. The van der Waals surface area contributed by atoms with Gasteiger partial charge in [0.2, 0.25) is 0 Å². The zero-order valence-corrected chi connectivity index (χ0v) is 9.68. The summed E-state index contributed by atoms with van der Waals surface area (Å²) in [6, 6.07) is 0. The normalized spacial score (nSPS) is 19.4. The molecule has 1 fully saturated rings. The predicted octanol–water partition coefficient (Wildman–Crippen LogP) is 2.39. The van der Waals surface area contributed by atoms with Gasteiger partial charge in [0, 0.05) is 13.7 Å². The summed E-state index contributed by atoms with van der Waals surface area (Å²) in [4.78, 5) is 2.51. The van der Waals surface area contributed by atoms with Crippen LogP contribution in [0.3, 0.4) is 0 Å². The maximum Gasteiger partial charge on any atom is 0.0491 e. The van der Waals surface area contributed by atoms with Gasteiger partial charge in [0.15, 0.2) is 0 Å². The highest BCUT2D eigenvalue weighted by Crippen LogP contribution is 2.16. The van der Waals surface area contributed by atoms with Crippen LogP contribution in [0.1, 0.15) is 33.6 Å². The minimum atomic E-state index is 0.822. The molecular weight excluding hydrogens is 162 g/mol. The average molecular weight is 187 g/mol. The number of methoxy groups -OCH3 is 1. The molecule has 13 heavy (non-hydrogen) atoms. The molecular formula is C11H25NO. The molecule has 0 aromatic carbocycles. The van der Waals surface area contributed by atoms with Crippen molar-refractivity contribution in [3.63, 3.8) is 0 Å². The molecule has 0 aromatic rings. The zero-order valence-electron chi connectivity index (χ0n) is 9.68. The Morgan fingerprint density at radius 2 is 1.77 bits per heavy atom. The van der Waals surface area contributed by atoms with Gasteiger partial charge in [-0.25, -0.2) is 0 Å². The Labute approximate surface area is 83.3 Å². The van der Waals surface area contributed by atoms with E-state index >= 15 is 0 Å². The standard InChI is InChI=1S/C9H19NO.C2H6/c1-3-10-6-4-9(5-7-10)8-11-2;1-2/h9H,3-8H2,1-2H3;1-2H3. The maximum atomic E-state index is 5.13. The van der Waals surface area contributed by atoms with Crippen molar-refractivity contribution in [1.82, 2.24) is 4.90 Å². The Balaban J connectivity index is 0.000000671. The third kappa shape index (κ3) is 5.27. The summed E-state index contributed by atoms with van der Waals surface area (Å²) in [6.07, 6.45) is 2.64. The van der Waals surface area contributed by atoms with Crippen LogP contribution in [0.4, 0.5) is 0 Å². The first-order valence-electron chi connectivity index (χ1n) is 5.58. The molecule has 1 rings (SSSR count). The fourth-order valence-electron chi connectivity index (χ4n) is 1.71. The lowest BCUT2D eigenvalue weighted by atomic mass is 9.98. The molecule has 2 heteroatoms. The van der Waals surface area contributed by atoms with E-state index < -0.39 is 0 Å². The molecule has 1 aliphatic heterocycles. The first kappa shape index (κ1) is 12.9. The van der Waals surface area contributed by atoms with E-state index in [4.69, 9.17) is 4.74 Å². The van der Waals surface area contributed by atoms with E-state index in [0.29, 0.717) is 0 Å². The number of ether oxygens (including phenoxy) is 1. The summed E-state index contributed by atoms with van der Waals surface area (Å²) in [7, 11) is 1.80. The molecule has 0 radical (unpaired) electrons. The number of hydrogen-bond donors (Lipinski definition) is 0. The monoisotopic (exact) mass is 187 g/mol. The van der Waals surface area contributed by atoms with Crippen LogP contribution < -0.4 is 0 Å². The number of likely N-dealkylation sites (tertiary alicyclic amines) is 1. The van der Waals surface area contributed by atoms with Crippen molar-refractivity contribution in [1.29, 1.82) is 0 Å². The first-order valence-corrected chi connectivity index (χ1v) is 5.58. The molecule has 0 bridgehead atoms. The fraction of sp³-hybridized carbons (Fsp3) is 1.00. The van der Waals surface area contributed by atoms with Crippen LogP contribution >= 0.6 is 0 Å². The van der Waals surface area contributed by atoms with Crippen LogP contribution in [0.5, 0.6) is 0 Å². The second-order valence-corrected chi connectivity index (χ2v) is 3.33. The molecule has 0 saturated carbocycles. The van der Waals surface area contributed by atoms with Crippen molar-refractivity contribution in [2.24, 2.45) is 5.92 Å². The Morgan fingerprint density at radius 3 is 2.15 bits per heavy atom. The Morgan fingerprint density at radius 1 is 1.23 bits per heavy atom. The van der Waals surface area contributed by atoms with E-state index in [0.717, 1.165) is 12.5 Å². The summed E-state index contributed by atoms with van der Waals surface area (Å²) in [5, 5.41) is 0. The van der Waals surface area contributed by atoms with Gasteiger partial charge in [-0.15, -0.1) is 0 Å². The van der Waals surface area contributed by atoms with Crippen LogP contribution in [0, 0.1) is 5.92 Å². The van der Waals surface area contributed by atoms with Gasteiger partial charge < -0.3 is 9.64 Å². The van der Waals surface area contributed by atoms with Crippen molar-refractivity contribution in [3.8, 4) is 0 Å². The molecule has 0 aliphatic carbocycles. The van der Waals surface area contributed by atoms with E-state index in [1.807, 2.05) is 13.8 Å². The van der Waals surface area contributed by atoms with Crippen LogP contribution in [0.2, 0.25) is 0 Å². The molecule has 1 heterocycles. The zero-order chi connectivity index (χ0) is 10.1. The summed E-state index contributed by atoms with van der Waals surface area (Å²) in [5.74, 6) is 0.822. The highest BCUT2D eigenvalue weighted by atomic mass is 16.5. The van der Waals surface area contributed by atoms with E-state index in [1.165, 1.54) is 32.5 Å². The third-order valence-corrected chi connectivity index (χ3v) is 2.56. The lowest BCUT2D eigenvalue weighted by Gasteiger charge is -2.30. The van der Waals surface area contributed by atoms with E-state index in [9.17, 15) is 0 Å². The minimum Gasteiger partial charge on any atom is -0.384 e. The topological polar surface area (TPSA) is 12.5 Å². The Kier molecular flexibility index (Phi) is 8.46. The molecule has 0 atom stereocenters. The summed E-state index contributed by atoms with van der Waals surface area (Å²) in [6.45, 7) is 10.9. The van der Waals surface area contributed by atoms with E-state index in [-0.39, 0.29) is 0 Å². The number of hydrogen-bond acceptors (Lipinski definition) is 2. The molecule has 0 amide bonds. The lowest BCUT2D eigenvalue weighted by molar-refractivity contribution is 0.102. The lowest BCUT2D eigenvalue weighted by Crippen LogP contribution is -2.34. The molecule has 0 N–H and O–H groups in total. The number of nitrogens with zero attached hydrogens (tertiary/aromatic N) is 1. The second kappa shape index (κ2) is 8.52. The van der Waals surface area contributed by atoms with Gasteiger partial charge >= 0.3 is 0 Å².